The maximum absolute atomic E-state index is 12.8. The number of amides is 1. The number of ether oxygens (including phenoxy) is 1. The van der Waals surface area contributed by atoms with E-state index in [4.69, 9.17) is 4.74 Å². The second-order valence-corrected chi connectivity index (χ2v) is 6.20. The summed E-state index contributed by atoms with van der Waals surface area (Å²) in [5.41, 5.74) is 2.79. The molecule has 2 aromatic rings. The normalized spacial score (nSPS) is 14.4. The summed E-state index contributed by atoms with van der Waals surface area (Å²) >= 11 is 0. The summed E-state index contributed by atoms with van der Waals surface area (Å²) in [6, 6.07) is 11.9. The molecule has 0 radical (unpaired) electrons. The highest BCUT2D eigenvalue weighted by molar-refractivity contribution is 5.92. The fourth-order valence-corrected chi connectivity index (χ4v) is 3.04. The molecule has 1 aliphatic rings. The Bertz CT molecular complexity index is 684. The molecule has 0 atom stereocenters. The Labute approximate surface area is 149 Å². The molecule has 0 saturated carbocycles. The van der Waals surface area contributed by atoms with Gasteiger partial charge in [-0.3, -0.25) is 4.98 Å². The molecule has 5 nitrogen and oxygen atoms in total. The first-order valence-corrected chi connectivity index (χ1v) is 9.02. The first-order valence-electron chi connectivity index (χ1n) is 9.02. The maximum Gasteiger partial charge on any atom is 0.429 e. The van der Waals surface area contributed by atoms with Crippen molar-refractivity contribution in [3.8, 4) is 11.1 Å². The predicted octanol–water partition coefficient (Wildman–Crippen LogP) is 4.50. The van der Waals surface area contributed by atoms with E-state index < -0.39 is 0 Å². The number of benzene rings is 1. The molecule has 25 heavy (non-hydrogen) atoms. The highest BCUT2D eigenvalue weighted by Crippen LogP contribution is 2.32. The lowest BCUT2D eigenvalue weighted by Crippen LogP contribution is -2.46. The summed E-state index contributed by atoms with van der Waals surface area (Å²) < 4.78 is 5.53. The van der Waals surface area contributed by atoms with Gasteiger partial charge < -0.3 is 4.74 Å². The molecule has 1 aliphatic heterocycles. The minimum absolute atomic E-state index is 0.307. The number of hydrogen-bond donors (Lipinski definition) is 0. The van der Waals surface area contributed by atoms with Gasteiger partial charge in [0.1, 0.15) is 0 Å². The number of carbonyl (C=O) groups is 1. The Balaban J connectivity index is 1.94. The molecule has 3 rings (SSSR count). The van der Waals surface area contributed by atoms with Crippen molar-refractivity contribution in [2.45, 2.75) is 32.6 Å². The predicted molar refractivity (Wildman–Crippen MR) is 99.2 cm³/mol. The Morgan fingerprint density at radius 2 is 1.96 bits per heavy atom. The van der Waals surface area contributed by atoms with Crippen LogP contribution in [0.3, 0.4) is 0 Å². The number of nitrogens with zero attached hydrogens (tertiary/aromatic N) is 3. The van der Waals surface area contributed by atoms with Crippen molar-refractivity contribution < 1.29 is 9.53 Å². The molecular weight excluding hydrogens is 314 g/mol. The van der Waals surface area contributed by atoms with Crippen LogP contribution in [0.15, 0.2) is 48.8 Å². The zero-order valence-corrected chi connectivity index (χ0v) is 14.7. The van der Waals surface area contributed by atoms with Crippen LogP contribution in [0, 0.1) is 0 Å². The number of rotatable bonds is 6. The van der Waals surface area contributed by atoms with Gasteiger partial charge in [0.25, 0.3) is 0 Å². The van der Waals surface area contributed by atoms with E-state index in [-0.39, 0.29) is 6.09 Å². The minimum Gasteiger partial charge on any atom is -0.448 e. The number of unbranched alkanes of at least 4 members (excludes halogenated alkanes) is 1. The average Bonchev–Trinajstić information content (AvgIpc) is 3.17. The molecule has 1 aromatic carbocycles. The third-order valence-corrected chi connectivity index (χ3v) is 4.37. The van der Waals surface area contributed by atoms with Crippen LogP contribution in [0.2, 0.25) is 0 Å². The molecule has 1 aromatic heterocycles. The van der Waals surface area contributed by atoms with Gasteiger partial charge in [-0.1, -0.05) is 43.7 Å². The van der Waals surface area contributed by atoms with Crippen molar-refractivity contribution in [2.75, 3.05) is 24.7 Å². The van der Waals surface area contributed by atoms with E-state index in [1.807, 2.05) is 42.6 Å². The van der Waals surface area contributed by atoms with Gasteiger partial charge in [-0.05, 0) is 30.9 Å². The zero-order valence-electron chi connectivity index (χ0n) is 14.7. The number of carbonyl (C=O) groups excluding carboxylic acids is 1. The van der Waals surface area contributed by atoms with Gasteiger partial charge >= 0.3 is 6.09 Å². The van der Waals surface area contributed by atoms with Crippen LogP contribution < -0.4 is 5.01 Å². The Morgan fingerprint density at radius 1 is 1.20 bits per heavy atom. The molecule has 5 heteroatoms. The minimum atomic E-state index is -0.307. The SMILES string of the molecule is CCCCOC(=O)N(c1ccncc1-c1ccccc1)N1CCCC1. The van der Waals surface area contributed by atoms with Crippen molar-refractivity contribution >= 4 is 11.8 Å². The molecule has 132 valence electrons. The van der Waals surface area contributed by atoms with E-state index in [1.54, 1.807) is 11.2 Å². The lowest BCUT2D eigenvalue weighted by molar-refractivity contribution is 0.133. The van der Waals surface area contributed by atoms with Gasteiger partial charge in [0.15, 0.2) is 0 Å². The van der Waals surface area contributed by atoms with Crippen molar-refractivity contribution in [1.29, 1.82) is 0 Å². The van der Waals surface area contributed by atoms with Crippen LogP contribution in [0.4, 0.5) is 10.5 Å². The van der Waals surface area contributed by atoms with Crippen molar-refractivity contribution in [2.24, 2.45) is 0 Å². The summed E-state index contributed by atoms with van der Waals surface area (Å²) in [5.74, 6) is 0. The van der Waals surface area contributed by atoms with Gasteiger partial charge in [0.05, 0.1) is 12.3 Å². The quantitative estimate of drug-likeness (QED) is 0.727. The third kappa shape index (κ3) is 4.17. The molecule has 0 unspecified atom stereocenters. The number of anilines is 1. The number of hydrogen-bond acceptors (Lipinski definition) is 4. The maximum atomic E-state index is 12.8. The van der Waals surface area contributed by atoms with E-state index >= 15 is 0 Å². The second-order valence-electron chi connectivity index (χ2n) is 6.20. The molecule has 1 fully saturated rings. The van der Waals surface area contributed by atoms with Crippen LogP contribution in [0.5, 0.6) is 0 Å². The highest BCUT2D eigenvalue weighted by atomic mass is 16.6. The molecule has 1 amide bonds. The molecule has 2 heterocycles. The summed E-state index contributed by atoms with van der Waals surface area (Å²) in [6.45, 7) is 4.26. The standard InChI is InChI=1S/C20H25N3O2/c1-2-3-15-25-20(24)23(22-13-7-8-14-22)19-11-12-21-16-18(19)17-9-5-4-6-10-17/h4-6,9-12,16H,2-3,7-8,13-15H2,1H3. The smallest absolute Gasteiger partial charge is 0.429 e. The summed E-state index contributed by atoms with van der Waals surface area (Å²) in [6.07, 6.45) is 7.29. The number of aromatic nitrogens is 1. The van der Waals surface area contributed by atoms with Gasteiger partial charge in [0.2, 0.25) is 0 Å². The van der Waals surface area contributed by atoms with Crippen molar-refractivity contribution in [3.05, 3.63) is 48.8 Å². The fraction of sp³-hybridized carbons (Fsp3) is 0.400. The second kappa shape index (κ2) is 8.62. The van der Waals surface area contributed by atoms with E-state index in [9.17, 15) is 4.79 Å². The van der Waals surface area contributed by atoms with Gasteiger partial charge in [-0.25, -0.2) is 14.8 Å². The van der Waals surface area contributed by atoms with Crippen LogP contribution in [-0.2, 0) is 4.74 Å². The summed E-state index contributed by atoms with van der Waals surface area (Å²) in [7, 11) is 0. The molecule has 0 N–H and O–H groups in total. The first-order chi connectivity index (χ1) is 12.3. The third-order valence-electron chi connectivity index (χ3n) is 4.37. The lowest BCUT2D eigenvalue weighted by Gasteiger charge is -2.32. The molecule has 1 saturated heterocycles. The Morgan fingerprint density at radius 3 is 2.68 bits per heavy atom. The monoisotopic (exact) mass is 339 g/mol. The molecule has 0 bridgehead atoms. The fourth-order valence-electron chi connectivity index (χ4n) is 3.04. The average molecular weight is 339 g/mol. The molecular formula is C20H25N3O2. The Hall–Kier alpha value is -2.40. The van der Waals surface area contributed by atoms with E-state index in [0.717, 1.165) is 55.6 Å². The van der Waals surface area contributed by atoms with Gasteiger partial charge in [0, 0.05) is 31.0 Å². The van der Waals surface area contributed by atoms with Gasteiger partial charge in [-0.2, -0.15) is 0 Å². The largest absolute Gasteiger partial charge is 0.448 e. The number of hydrazine groups is 1. The van der Waals surface area contributed by atoms with Crippen LogP contribution in [0.1, 0.15) is 32.6 Å². The van der Waals surface area contributed by atoms with Crippen molar-refractivity contribution in [1.82, 2.24) is 9.99 Å². The van der Waals surface area contributed by atoms with E-state index in [2.05, 4.69) is 16.9 Å². The summed E-state index contributed by atoms with van der Waals surface area (Å²) in [4.78, 5) is 17.1. The van der Waals surface area contributed by atoms with E-state index in [0.29, 0.717) is 6.61 Å². The van der Waals surface area contributed by atoms with Crippen LogP contribution in [-0.4, -0.2) is 35.8 Å². The van der Waals surface area contributed by atoms with Crippen LogP contribution in [0.25, 0.3) is 11.1 Å². The van der Waals surface area contributed by atoms with Crippen LogP contribution >= 0.6 is 0 Å². The van der Waals surface area contributed by atoms with E-state index in [1.165, 1.54) is 0 Å². The van der Waals surface area contributed by atoms with Crippen molar-refractivity contribution in [3.63, 3.8) is 0 Å². The van der Waals surface area contributed by atoms with Gasteiger partial charge in [-0.15, -0.1) is 0 Å². The topological polar surface area (TPSA) is 45.7 Å². The lowest BCUT2D eigenvalue weighted by atomic mass is 10.1. The summed E-state index contributed by atoms with van der Waals surface area (Å²) in [5, 5.41) is 3.78. The zero-order chi connectivity index (χ0) is 17.5. The first kappa shape index (κ1) is 17.4. The molecule has 0 aliphatic carbocycles. The highest BCUT2D eigenvalue weighted by Gasteiger charge is 2.29. The number of pyridine rings is 1. The Kier molecular flexibility index (Phi) is 6.01. The molecule has 0 spiro atoms.